The first-order chi connectivity index (χ1) is 12.5. The summed E-state index contributed by atoms with van der Waals surface area (Å²) in [7, 11) is 0. The summed E-state index contributed by atoms with van der Waals surface area (Å²) in [6.07, 6.45) is 3.83. The molecule has 1 aromatic carbocycles. The lowest BCUT2D eigenvalue weighted by Crippen LogP contribution is -2.48. The average molecular weight is 352 g/mol. The van der Waals surface area contributed by atoms with Gasteiger partial charge in [0.05, 0.1) is 6.54 Å². The zero-order valence-corrected chi connectivity index (χ0v) is 16.0. The van der Waals surface area contributed by atoms with Crippen LogP contribution in [0.3, 0.4) is 0 Å². The molecule has 1 aliphatic rings. The van der Waals surface area contributed by atoms with Crippen LogP contribution in [0.2, 0.25) is 0 Å². The number of aromatic nitrogens is 1. The number of anilines is 1. The smallest absolute Gasteiger partial charge is 0.238 e. The molecule has 3 rings (SSSR count). The Kier molecular flexibility index (Phi) is 6.01. The second-order valence-corrected chi connectivity index (χ2v) is 7.29. The van der Waals surface area contributed by atoms with Gasteiger partial charge in [0.15, 0.2) is 0 Å². The number of benzene rings is 1. The number of amides is 1. The quantitative estimate of drug-likeness (QED) is 0.899. The van der Waals surface area contributed by atoms with Gasteiger partial charge in [0.25, 0.3) is 0 Å². The van der Waals surface area contributed by atoms with Gasteiger partial charge in [0.1, 0.15) is 0 Å². The molecule has 0 radical (unpaired) electrons. The number of piperazine rings is 1. The van der Waals surface area contributed by atoms with Gasteiger partial charge in [-0.1, -0.05) is 18.2 Å². The minimum atomic E-state index is 0.0648. The van der Waals surface area contributed by atoms with E-state index in [2.05, 4.69) is 39.2 Å². The molecule has 1 aliphatic heterocycles. The van der Waals surface area contributed by atoms with Gasteiger partial charge in [-0.05, 0) is 49.1 Å². The van der Waals surface area contributed by atoms with E-state index in [1.165, 1.54) is 11.1 Å². The number of nitrogens with zero attached hydrogens (tertiary/aromatic N) is 3. The van der Waals surface area contributed by atoms with Crippen LogP contribution >= 0.6 is 0 Å². The first-order valence-electron chi connectivity index (χ1n) is 9.22. The summed E-state index contributed by atoms with van der Waals surface area (Å²) in [5, 5.41) is 3.05. The minimum absolute atomic E-state index is 0.0648. The van der Waals surface area contributed by atoms with Crippen molar-refractivity contribution >= 4 is 11.6 Å². The Labute approximate surface area is 156 Å². The van der Waals surface area contributed by atoms with Crippen LogP contribution < -0.4 is 5.32 Å². The summed E-state index contributed by atoms with van der Waals surface area (Å²) >= 11 is 0. The lowest BCUT2D eigenvalue weighted by atomic mass is 10.1. The molecule has 2 aromatic rings. The molecule has 0 aliphatic carbocycles. The second kappa shape index (κ2) is 8.43. The molecule has 0 saturated carbocycles. The third-order valence-corrected chi connectivity index (χ3v) is 4.84. The van der Waals surface area contributed by atoms with Gasteiger partial charge in [0, 0.05) is 50.8 Å². The topological polar surface area (TPSA) is 48.5 Å². The number of rotatable bonds is 5. The standard InChI is InChI=1S/C21H28N4O/c1-16-4-5-18(3)20(11-16)23-21(26)15-25-8-6-24(7-9-25)14-19-10-17(2)12-22-13-19/h4-5,10-13H,6-9,14-15H2,1-3H3,(H,23,26). The summed E-state index contributed by atoms with van der Waals surface area (Å²) in [5.41, 5.74) is 5.63. The van der Waals surface area contributed by atoms with Crippen molar-refractivity contribution in [1.82, 2.24) is 14.8 Å². The number of pyridine rings is 1. The average Bonchev–Trinajstić information content (AvgIpc) is 2.60. The second-order valence-electron chi connectivity index (χ2n) is 7.29. The summed E-state index contributed by atoms with van der Waals surface area (Å²) < 4.78 is 0. The highest BCUT2D eigenvalue weighted by atomic mass is 16.2. The van der Waals surface area contributed by atoms with Crippen molar-refractivity contribution in [2.45, 2.75) is 27.3 Å². The van der Waals surface area contributed by atoms with Crippen LogP contribution in [-0.2, 0) is 11.3 Å². The monoisotopic (exact) mass is 352 g/mol. The van der Waals surface area contributed by atoms with Gasteiger partial charge < -0.3 is 5.32 Å². The van der Waals surface area contributed by atoms with E-state index >= 15 is 0 Å². The largest absolute Gasteiger partial charge is 0.325 e. The zero-order valence-electron chi connectivity index (χ0n) is 16.0. The van der Waals surface area contributed by atoms with E-state index in [0.29, 0.717) is 6.54 Å². The lowest BCUT2D eigenvalue weighted by Gasteiger charge is -2.34. The summed E-state index contributed by atoms with van der Waals surface area (Å²) in [5.74, 6) is 0.0648. The Morgan fingerprint density at radius 1 is 1.00 bits per heavy atom. The minimum Gasteiger partial charge on any atom is -0.325 e. The summed E-state index contributed by atoms with van der Waals surface area (Å²) in [6, 6.07) is 8.33. The molecule has 5 nitrogen and oxygen atoms in total. The highest BCUT2D eigenvalue weighted by Crippen LogP contribution is 2.16. The molecule has 1 N–H and O–H groups in total. The maximum Gasteiger partial charge on any atom is 0.238 e. The molecule has 2 heterocycles. The van der Waals surface area contributed by atoms with E-state index in [-0.39, 0.29) is 5.91 Å². The highest BCUT2D eigenvalue weighted by molar-refractivity contribution is 5.93. The fourth-order valence-corrected chi connectivity index (χ4v) is 3.33. The Hall–Kier alpha value is -2.24. The molecule has 1 fully saturated rings. The van der Waals surface area contributed by atoms with E-state index in [1.807, 2.05) is 38.4 Å². The maximum absolute atomic E-state index is 12.4. The van der Waals surface area contributed by atoms with Crippen molar-refractivity contribution in [3.05, 3.63) is 58.9 Å². The van der Waals surface area contributed by atoms with E-state index < -0.39 is 0 Å². The normalized spacial score (nSPS) is 15.8. The third kappa shape index (κ3) is 5.13. The van der Waals surface area contributed by atoms with E-state index in [0.717, 1.165) is 49.5 Å². The first kappa shape index (κ1) is 18.5. The Morgan fingerprint density at radius 2 is 1.73 bits per heavy atom. The molecular formula is C21H28N4O. The number of carbonyl (C=O) groups is 1. The third-order valence-electron chi connectivity index (χ3n) is 4.84. The molecule has 0 spiro atoms. The molecule has 26 heavy (non-hydrogen) atoms. The Balaban J connectivity index is 1.46. The molecule has 5 heteroatoms. The van der Waals surface area contributed by atoms with Gasteiger partial charge in [-0.2, -0.15) is 0 Å². The first-order valence-corrected chi connectivity index (χ1v) is 9.22. The number of aryl methyl sites for hydroxylation is 3. The van der Waals surface area contributed by atoms with Crippen LogP contribution in [-0.4, -0.2) is 53.4 Å². The fourth-order valence-electron chi connectivity index (χ4n) is 3.33. The van der Waals surface area contributed by atoms with Gasteiger partial charge in [0.2, 0.25) is 5.91 Å². The van der Waals surface area contributed by atoms with Crippen molar-refractivity contribution in [2.75, 3.05) is 38.0 Å². The van der Waals surface area contributed by atoms with Crippen LogP contribution in [0.25, 0.3) is 0 Å². The van der Waals surface area contributed by atoms with Crippen molar-refractivity contribution in [1.29, 1.82) is 0 Å². The van der Waals surface area contributed by atoms with E-state index in [1.54, 1.807) is 0 Å². The number of hydrogen-bond acceptors (Lipinski definition) is 4. The van der Waals surface area contributed by atoms with Gasteiger partial charge in [-0.15, -0.1) is 0 Å². The van der Waals surface area contributed by atoms with Gasteiger partial charge in [-0.3, -0.25) is 19.6 Å². The van der Waals surface area contributed by atoms with E-state index in [4.69, 9.17) is 0 Å². The van der Waals surface area contributed by atoms with Crippen molar-refractivity contribution in [3.63, 3.8) is 0 Å². The maximum atomic E-state index is 12.4. The predicted octanol–water partition coefficient (Wildman–Crippen LogP) is 2.76. The Morgan fingerprint density at radius 3 is 2.46 bits per heavy atom. The predicted molar refractivity (Wildman–Crippen MR) is 105 cm³/mol. The molecule has 0 bridgehead atoms. The van der Waals surface area contributed by atoms with Crippen molar-refractivity contribution in [2.24, 2.45) is 0 Å². The summed E-state index contributed by atoms with van der Waals surface area (Å²) in [4.78, 5) is 21.3. The van der Waals surface area contributed by atoms with Crippen molar-refractivity contribution < 1.29 is 4.79 Å². The van der Waals surface area contributed by atoms with Gasteiger partial charge >= 0.3 is 0 Å². The summed E-state index contributed by atoms with van der Waals surface area (Å²) in [6.45, 7) is 11.3. The molecule has 1 amide bonds. The van der Waals surface area contributed by atoms with Crippen LogP contribution in [0.1, 0.15) is 22.3 Å². The van der Waals surface area contributed by atoms with E-state index in [9.17, 15) is 4.79 Å². The molecular weight excluding hydrogens is 324 g/mol. The van der Waals surface area contributed by atoms with Crippen LogP contribution in [0.4, 0.5) is 5.69 Å². The van der Waals surface area contributed by atoms with Crippen LogP contribution in [0.5, 0.6) is 0 Å². The SMILES string of the molecule is Cc1cncc(CN2CCN(CC(=O)Nc3cc(C)ccc3C)CC2)c1. The zero-order chi connectivity index (χ0) is 18.5. The van der Waals surface area contributed by atoms with Crippen LogP contribution in [0, 0.1) is 20.8 Å². The number of hydrogen-bond donors (Lipinski definition) is 1. The molecule has 0 atom stereocenters. The fraction of sp³-hybridized carbons (Fsp3) is 0.429. The Bertz CT molecular complexity index is 766. The highest BCUT2D eigenvalue weighted by Gasteiger charge is 2.19. The van der Waals surface area contributed by atoms with Crippen LogP contribution in [0.15, 0.2) is 36.7 Å². The van der Waals surface area contributed by atoms with Crippen molar-refractivity contribution in [3.8, 4) is 0 Å². The molecule has 1 saturated heterocycles. The lowest BCUT2D eigenvalue weighted by molar-refractivity contribution is -0.117. The number of nitrogens with one attached hydrogen (secondary N) is 1. The molecule has 138 valence electrons. The number of carbonyl (C=O) groups excluding carboxylic acids is 1. The molecule has 0 unspecified atom stereocenters. The van der Waals surface area contributed by atoms with Gasteiger partial charge in [-0.25, -0.2) is 0 Å². The molecule has 1 aromatic heterocycles.